The Bertz CT molecular complexity index is 707. The van der Waals surface area contributed by atoms with Crippen LogP contribution in [0.5, 0.6) is 0 Å². The molecule has 3 fully saturated rings. The Morgan fingerprint density at radius 3 is 1.78 bits per heavy atom. The van der Waals surface area contributed by atoms with Crippen molar-refractivity contribution in [1.29, 1.82) is 0 Å². The second-order valence-electron chi connectivity index (χ2n) is 9.39. The van der Waals surface area contributed by atoms with E-state index in [1.807, 2.05) is 0 Å². The van der Waals surface area contributed by atoms with Gasteiger partial charge < -0.3 is 81.1 Å². The highest BCUT2D eigenvalue weighted by molar-refractivity contribution is 4.99. The maximum absolute atomic E-state index is 11.2. The van der Waals surface area contributed by atoms with Crippen LogP contribution in [0, 0.1) is 0 Å². The van der Waals surface area contributed by atoms with Gasteiger partial charge in [0.15, 0.2) is 18.9 Å². The smallest absolute Gasteiger partial charge is 0.176 e. The molecule has 16 atom stereocenters. The lowest BCUT2D eigenvalue weighted by Crippen LogP contribution is -2.70. The van der Waals surface area contributed by atoms with E-state index in [4.69, 9.17) is 35.2 Å². The zero-order valence-electron chi connectivity index (χ0n) is 20.1. The summed E-state index contributed by atoms with van der Waals surface area (Å²) in [5, 5.41) is 93.4. The van der Waals surface area contributed by atoms with E-state index in [9.17, 15) is 46.0 Å². The van der Waals surface area contributed by atoms with Crippen LogP contribution in [-0.4, -0.2) is 164 Å². The lowest BCUT2D eigenvalue weighted by Gasteiger charge is -2.49. The lowest BCUT2D eigenvalue weighted by molar-refractivity contribution is -0.351. The largest absolute Gasteiger partial charge is 0.394 e. The van der Waals surface area contributed by atoms with E-state index in [-0.39, 0.29) is 0 Å². The number of hydrogen-bond donors (Lipinski definition) is 12. The summed E-state index contributed by atoms with van der Waals surface area (Å²) in [5.41, 5.74) is 11.7. The zero-order valence-corrected chi connectivity index (χ0v) is 20.1. The molecule has 3 aliphatic rings. The van der Waals surface area contributed by atoms with E-state index in [1.165, 1.54) is 6.92 Å². The highest BCUT2D eigenvalue weighted by Crippen LogP contribution is 2.31. The predicted molar refractivity (Wildman–Crippen MR) is 118 cm³/mol. The van der Waals surface area contributed by atoms with Gasteiger partial charge in [-0.05, 0) is 6.92 Å². The molecular weight excluding hydrogens is 506 g/mol. The van der Waals surface area contributed by atoms with Gasteiger partial charge in [0, 0.05) is 0 Å². The number of ether oxygens (including phenoxy) is 5. The standard InChI is InChI=1S/C20H39N3O14/c1-5(27)23-11-15(31)17(36-19-10(22)13(29)12(28)6(2-24)34-19)8(4-26)35-20(11)37-16-7(3-25)33-18(32)9(21)14(16)30/h5-20,23-32H,2-4,21-22H2,1H3/t5?,6-,7-,8-,9-,10-,11-,12-,13-,14-,15-,16?,17?,18-,19+,20+/m1/s1. The van der Waals surface area contributed by atoms with Gasteiger partial charge in [0.2, 0.25) is 0 Å². The number of nitrogens with one attached hydrogen (secondary N) is 1. The molecule has 3 unspecified atom stereocenters. The molecule has 37 heavy (non-hydrogen) atoms. The van der Waals surface area contributed by atoms with E-state index in [0.29, 0.717) is 0 Å². The molecule has 218 valence electrons. The first-order valence-electron chi connectivity index (χ1n) is 11.9. The van der Waals surface area contributed by atoms with Crippen molar-refractivity contribution in [2.45, 2.75) is 105 Å². The van der Waals surface area contributed by atoms with E-state index in [1.54, 1.807) is 0 Å². The summed E-state index contributed by atoms with van der Waals surface area (Å²) in [6.45, 7) is -0.746. The number of aliphatic hydroxyl groups excluding tert-OH is 9. The van der Waals surface area contributed by atoms with Crippen LogP contribution in [0.1, 0.15) is 6.92 Å². The third-order valence-electron chi connectivity index (χ3n) is 6.72. The van der Waals surface area contributed by atoms with Crippen molar-refractivity contribution < 1.29 is 69.6 Å². The Kier molecular flexibility index (Phi) is 10.9. The molecule has 3 aliphatic heterocycles. The van der Waals surface area contributed by atoms with Crippen molar-refractivity contribution in [1.82, 2.24) is 5.32 Å². The quantitative estimate of drug-likeness (QED) is 0.120. The molecule has 3 rings (SSSR count). The van der Waals surface area contributed by atoms with Crippen LogP contribution in [0.2, 0.25) is 0 Å². The highest BCUT2D eigenvalue weighted by atomic mass is 16.7. The van der Waals surface area contributed by atoms with E-state index < -0.39 is 118 Å². The highest BCUT2D eigenvalue weighted by Gasteiger charge is 2.53. The summed E-state index contributed by atoms with van der Waals surface area (Å²) >= 11 is 0. The Morgan fingerprint density at radius 1 is 0.703 bits per heavy atom. The second-order valence-corrected chi connectivity index (χ2v) is 9.39. The monoisotopic (exact) mass is 545 g/mol. The molecule has 0 aromatic heterocycles. The van der Waals surface area contributed by atoms with Crippen LogP contribution < -0.4 is 16.8 Å². The average molecular weight is 546 g/mol. The normalized spacial score (nSPS) is 50.1. The second kappa shape index (κ2) is 13.1. The first-order chi connectivity index (χ1) is 17.4. The van der Waals surface area contributed by atoms with E-state index >= 15 is 0 Å². The van der Waals surface area contributed by atoms with Crippen LogP contribution in [0.25, 0.3) is 0 Å². The van der Waals surface area contributed by atoms with Crippen LogP contribution >= 0.6 is 0 Å². The molecule has 17 nitrogen and oxygen atoms in total. The van der Waals surface area contributed by atoms with Gasteiger partial charge in [-0.25, -0.2) is 0 Å². The Hall–Kier alpha value is -0.680. The minimum atomic E-state index is -1.61. The van der Waals surface area contributed by atoms with Gasteiger partial charge in [-0.1, -0.05) is 0 Å². The van der Waals surface area contributed by atoms with Gasteiger partial charge in [-0.2, -0.15) is 0 Å². The maximum Gasteiger partial charge on any atom is 0.176 e. The molecule has 0 spiro atoms. The fourth-order valence-corrected chi connectivity index (χ4v) is 4.61. The van der Waals surface area contributed by atoms with Gasteiger partial charge in [0.05, 0.1) is 37.9 Å². The van der Waals surface area contributed by atoms with Crippen molar-refractivity contribution in [2.75, 3.05) is 19.8 Å². The molecule has 0 saturated carbocycles. The van der Waals surface area contributed by atoms with Crippen LogP contribution in [0.3, 0.4) is 0 Å². The first kappa shape index (κ1) is 30.9. The van der Waals surface area contributed by atoms with Gasteiger partial charge in [-0.15, -0.1) is 0 Å². The van der Waals surface area contributed by atoms with Gasteiger partial charge >= 0.3 is 0 Å². The maximum atomic E-state index is 11.2. The van der Waals surface area contributed by atoms with Crippen LogP contribution in [-0.2, 0) is 23.7 Å². The zero-order chi connectivity index (χ0) is 27.6. The number of aliphatic hydroxyl groups is 9. The van der Waals surface area contributed by atoms with Crippen molar-refractivity contribution in [2.24, 2.45) is 11.5 Å². The van der Waals surface area contributed by atoms with E-state index in [2.05, 4.69) is 5.32 Å². The average Bonchev–Trinajstić information content (AvgIpc) is 2.87. The molecule has 0 aromatic rings. The summed E-state index contributed by atoms with van der Waals surface area (Å²) < 4.78 is 27.9. The molecule has 0 amide bonds. The predicted octanol–water partition coefficient (Wildman–Crippen LogP) is -7.70. The van der Waals surface area contributed by atoms with Crippen LogP contribution in [0.15, 0.2) is 0 Å². The third kappa shape index (κ3) is 6.56. The Morgan fingerprint density at radius 2 is 1.22 bits per heavy atom. The molecular formula is C20H39N3O14. The third-order valence-corrected chi connectivity index (χ3v) is 6.72. The Labute approximate surface area is 212 Å². The minimum Gasteiger partial charge on any atom is -0.394 e. The first-order valence-corrected chi connectivity index (χ1v) is 11.9. The summed E-state index contributed by atoms with van der Waals surface area (Å²) in [6, 6.07) is -3.90. The number of hydrogen-bond acceptors (Lipinski definition) is 17. The van der Waals surface area contributed by atoms with Gasteiger partial charge in [0.1, 0.15) is 61.2 Å². The van der Waals surface area contributed by atoms with Crippen molar-refractivity contribution in [3.63, 3.8) is 0 Å². The topological polar surface area (TPSA) is 292 Å². The summed E-state index contributed by atoms with van der Waals surface area (Å²) in [7, 11) is 0. The lowest BCUT2D eigenvalue weighted by atomic mass is 9.94. The minimum absolute atomic E-state index is 0.672. The number of nitrogens with two attached hydrogens (primary N) is 2. The molecule has 0 bridgehead atoms. The fourth-order valence-electron chi connectivity index (χ4n) is 4.61. The molecule has 3 heterocycles. The summed E-state index contributed by atoms with van der Waals surface area (Å²) in [6.07, 6.45) is -18.5. The SMILES string of the molecule is CC(O)N[C@H]1[C@H](OC2[C@@H](CO)O[C@@H](O)[C@H](N)[C@H]2O)O[C@H](CO)C(O[C@@H]2O[C@H](CO)[C@@H](O)[C@H](O)[C@H]2N)[C@@H]1O. The van der Waals surface area contributed by atoms with Crippen LogP contribution in [0.4, 0.5) is 0 Å². The molecule has 0 aromatic carbocycles. The molecule has 3 saturated heterocycles. The summed E-state index contributed by atoms with van der Waals surface area (Å²) in [5.74, 6) is 0. The fraction of sp³-hybridized carbons (Fsp3) is 1.00. The molecule has 0 radical (unpaired) electrons. The van der Waals surface area contributed by atoms with Crippen molar-refractivity contribution >= 4 is 0 Å². The van der Waals surface area contributed by atoms with Gasteiger partial charge in [-0.3, -0.25) is 5.32 Å². The molecule has 17 heteroatoms. The van der Waals surface area contributed by atoms with E-state index in [0.717, 1.165) is 0 Å². The molecule has 14 N–H and O–H groups in total. The summed E-state index contributed by atoms with van der Waals surface area (Å²) in [4.78, 5) is 0. The number of rotatable bonds is 9. The molecule has 0 aliphatic carbocycles. The van der Waals surface area contributed by atoms with Gasteiger partial charge in [0.25, 0.3) is 0 Å². The van der Waals surface area contributed by atoms with Crippen molar-refractivity contribution in [3.05, 3.63) is 0 Å². The van der Waals surface area contributed by atoms with Crippen molar-refractivity contribution in [3.8, 4) is 0 Å². The Balaban J connectivity index is 1.82.